The Morgan fingerprint density at radius 3 is 2.58 bits per heavy atom. The van der Waals surface area contributed by atoms with E-state index in [1.807, 2.05) is 72.8 Å². The normalized spacial score (nSPS) is 15.5. The lowest BCUT2D eigenvalue weighted by Crippen LogP contribution is -2.29. The number of nitrogens with zero attached hydrogens (tertiary/aromatic N) is 1. The van der Waals surface area contributed by atoms with E-state index >= 15 is 0 Å². The Labute approximate surface area is 234 Å². The van der Waals surface area contributed by atoms with E-state index in [1.54, 1.807) is 23.1 Å². The van der Waals surface area contributed by atoms with E-state index in [2.05, 4.69) is 0 Å². The van der Waals surface area contributed by atoms with Crippen LogP contribution < -0.4 is 19.6 Å². The van der Waals surface area contributed by atoms with Gasteiger partial charge in [-0.3, -0.25) is 9.59 Å². The molecule has 1 aromatic heterocycles. The maximum Gasteiger partial charge on any atom is 0.291 e. The van der Waals surface area contributed by atoms with Gasteiger partial charge in [0.1, 0.15) is 17.9 Å². The van der Waals surface area contributed by atoms with Crippen LogP contribution in [0.3, 0.4) is 0 Å². The van der Waals surface area contributed by atoms with Crippen LogP contribution in [-0.2, 0) is 13.2 Å². The first-order valence-corrected chi connectivity index (χ1v) is 13.2. The van der Waals surface area contributed by atoms with Crippen molar-refractivity contribution in [2.75, 3.05) is 6.79 Å². The second kappa shape index (κ2) is 9.77. The molecule has 4 aromatic carbocycles. The molecule has 2 aliphatic heterocycles. The third kappa shape index (κ3) is 4.25. The van der Waals surface area contributed by atoms with Crippen molar-refractivity contribution in [1.82, 2.24) is 4.90 Å². The zero-order chi connectivity index (χ0) is 27.2. The average Bonchev–Trinajstić information content (AvgIpc) is 3.55. The Kier molecular flexibility index (Phi) is 5.94. The third-order valence-corrected chi connectivity index (χ3v) is 7.37. The van der Waals surface area contributed by atoms with Crippen LogP contribution in [0.4, 0.5) is 0 Å². The van der Waals surface area contributed by atoms with Crippen molar-refractivity contribution >= 4 is 28.5 Å². The summed E-state index contributed by atoms with van der Waals surface area (Å²) in [5.41, 5.74) is 2.88. The fourth-order valence-electron chi connectivity index (χ4n) is 5.25. The highest BCUT2D eigenvalue weighted by molar-refractivity contribution is 6.31. The molecule has 1 unspecified atom stereocenters. The van der Waals surface area contributed by atoms with E-state index in [1.165, 1.54) is 0 Å². The largest absolute Gasteiger partial charge is 0.489 e. The van der Waals surface area contributed by atoms with Crippen molar-refractivity contribution < 1.29 is 23.4 Å². The summed E-state index contributed by atoms with van der Waals surface area (Å²) in [5, 5.41) is 0.736. The minimum Gasteiger partial charge on any atom is -0.489 e. The zero-order valence-corrected chi connectivity index (χ0v) is 21.9. The highest BCUT2D eigenvalue weighted by Gasteiger charge is 2.43. The van der Waals surface area contributed by atoms with Gasteiger partial charge in [0.05, 0.1) is 17.0 Å². The number of ether oxygens (including phenoxy) is 3. The number of carbonyl (C=O) groups is 1. The molecule has 1 atom stereocenters. The lowest BCUT2D eigenvalue weighted by molar-refractivity contribution is 0.0714. The van der Waals surface area contributed by atoms with Gasteiger partial charge in [-0.05, 0) is 59.2 Å². The molecule has 0 radical (unpaired) electrons. The minimum atomic E-state index is -0.701. The zero-order valence-electron chi connectivity index (χ0n) is 21.1. The van der Waals surface area contributed by atoms with Gasteiger partial charge in [0.15, 0.2) is 16.9 Å². The molecule has 7 rings (SSSR count). The van der Waals surface area contributed by atoms with Crippen LogP contribution in [0.15, 0.2) is 100 Å². The Morgan fingerprint density at radius 2 is 1.70 bits per heavy atom. The average molecular weight is 552 g/mol. The molecule has 5 aromatic rings. The summed E-state index contributed by atoms with van der Waals surface area (Å²) in [6, 6.07) is 27.0. The Bertz CT molecular complexity index is 1830. The highest BCUT2D eigenvalue weighted by Crippen LogP contribution is 2.41. The maximum absolute atomic E-state index is 13.9. The second-order valence-corrected chi connectivity index (χ2v) is 10.1. The fraction of sp³-hybridized carbons (Fsp3) is 0.125. The molecule has 40 heavy (non-hydrogen) atoms. The quantitative estimate of drug-likeness (QED) is 0.240. The molecule has 0 saturated heterocycles. The first-order chi connectivity index (χ1) is 19.5. The van der Waals surface area contributed by atoms with Crippen LogP contribution in [0.5, 0.6) is 17.2 Å². The SMILES string of the molecule is O=C1c2oc3ccc(Cl)cc3c(=O)c2C(c2cccc(OCc3ccccc3)c2)N1Cc1ccc2c(c1)OCO2. The molecule has 0 spiro atoms. The Morgan fingerprint density at radius 1 is 0.850 bits per heavy atom. The molecule has 0 aliphatic carbocycles. The van der Waals surface area contributed by atoms with E-state index in [0.29, 0.717) is 39.8 Å². The van der Waals surface area contributed by atoms with Crippen molar-refractivity contribution in [1.29, 1.82) is 0 Å². The summed E-state index contributed by atoms with van der Waals surface area (Å²) in [7, 11) is 0. The van der Waals surface area contributed by atoms with Gasteiger partial charge >= 0.3 is 0 Å². The highest BCUT2D eigenvalue weighted by atomic mass is 35.5. The van der Waals surface area contributed by atoms with Crippen LogP contribution in [0.1, 0.15) is 38.9 Å². The number of hydrogen-bond acceptors (Lipinski definition) is 6. The number of carbonyl (C=O) groups excluding carboxylic acids is 1. The number of amides is 1. The van der Waals surface area contributed by atoms with Crippen molar-refractivity contribution in [3.8, 4) is 17.2 Å². The summed E-state index contributed by atoms with van der Waals surface area (Å²) < 4.78 is 23.1. The number of benzene rings is 4. The summed E-state index contributed by atoms with van der Waals surface area (Å²) in [6.45, 7) is 0.755. The van der Waals surface area contributed by atoms with Crippen molar-refractivity contribution in [3.05, 3.63) is 134 Å². The lowest BCUT2D eigenvalue weighted by Gasteiger charge is -2.25. The number of hydrogen-bond donors (Lipinski definition) is 0. The van der Waals surface area contributed by atoms with Gasteiger partial charge in [0, 0.05) is 11.6 Å². The van der Waals surface area contributed by atoms with Gasteiger partial charge in [-0.25, -0.2) is 0 Å². The second-order valence-electron chi connectivity index (χ2n) is 9.68. The van der Waals surface area contributed by atoms with Crippen LogP contribution in [0.2, 0.25) is 5.02 Å². The summed E-state index contributed by atoms with van der Waals surface area (Å²) in [6.07, 6.45) is 0. The molecular weight excluding hydrogens is 530 g/mol. The lowest BCUT2D eigenvalue weighted by atomic mass is 9.98. The molecular formula is C32H22ClNO6. The standard InChI is InChI=1S/C32H22ClNO6/c33-22-10-12-25-24(15-22)30(35)28-29(21-7-4-8-23(14-21)37-17-19-5-2-1-3-6-19)34(32(36)31(28)40-25)16-20-9-11-26-27(13-20)39-18-38-26/h1-15,29H,16-18H2. The van der Waals surface area contributed by atoms with E-state index < -0.39 is 6.04 Å². The predicted octanol–water partition coefficient (Wildman–Crippen LogP) is 6.50. The summed E-state index contributed by atoms with van der Waals surface area (Å²) >= 11 is 6.22. The fourth-order valence-corrected chi connectivity index (χ4v) is 5.43. The molecule has 3 heterocycles. The van der Waals surface area contributed by atoms with Crippen LogP contribution in [-0.4, -0.2) is 17.6 Å². The van der Waals surface area contributed by atoms with Gasteiger partial charge in [-0.1, -0.05) is 60.1 Å². The van der Waals surface area contributed by atoms with E-state index in [-0.39, 0.29) is 36.0 Å². The van der Waals surface area contributed by atoms with Crippen molar-refractivity contribution in [3.63, 3.8) is 0 Å². The van der Waals surface area contributed by atoms with Crippen LogP contribution >= 0.6 is 11.6 Å². The van der Waals surface area contributed by atoms with Gasteiger partial charge in [0.2, 0.25) is 12.6 Å². The molecule has 0 N–H and O–H groups in total. The van der Waals surface area contributed by atoms with E-state index in [9.17, 15) is 9.59 Å². The monoisotopic (exact) mass is 551 g/mol. The first kappa shape index (κ1) is 24.3. The topological polar surface area (TPSA) is 78.2 Å². The van der Waals surface area contributed by atoms with Crippen molar-refractivity contribution in [2.24, 2.45) is 0 Å². The maximum atomic E-state index is 13.9. The van der Waals surface area contributed by atoms with Crippen molar-refractivity contribution in [2.45, 2.75) is 19.2 Å². The van der Waals surface area contributed by atoms with Crippen LogP contribution in [0.25, 0.3) is 11.0 Å². The molecule has 198 valence electrons. The molecule has 2 aliphatic rings. The third-order valence-electron chi connectivity index (χ3n) is 7.14. The van der Waals surface area contributed by atoms with Crippen LogP contribution in [0, 0.1) is 0 Å². The van der Waals surface area contributed by atoms with E-state index in [0.717, 1.165) is 16.7 Å². The smallest absolute Gasteiger partial charge is 0.291 e. The molecule has 0 fully saturated rings. The predicted molar refractivity (Wildman–Crippen MR) is 149 cm³/mol. The van der Waals surface area contributed by atoms with Gasteiger partial charge in [-0.2, -0.15) is 0 Å². The van der Waals surface area contributed by atoms with E-state index in [4.69, 9.17) is 30.2 Å². The van der Waals surface area contributed by atoms with Gasteiger partial charge in [0.25, 0.3) is 5.91 Å². The molecule has 7 nitrogen and oxygen atoms in total. The van der Waals surface area contributed by atoms with Gasteiger partial charge in [-0.15, -0.1) is 0 Å². The number of fused-ring (bicyclic) bond motifs is 3. The molecule has 0 bridgehead atoms. The van der Waals surface area contributed by atoms with Gasteiger partial charge < -0.3 is 23.5 Å². The number of halogens is 1. The minimum absolute atomic E-state index is 0.0289. The number of rotatable bonds is 6. The molecule has 1 amide bonds. The Balaban J connectivity index is 1.32. The Hall–Kier alpha value is -4.75. The summed E-state index contributed by atoms with van der Waals surface area (Å²) in [5.74, 6) is 1.55. The molecule has 0 saturated carbocycles. The summed E-state index contributed by atoms with van der Waals surface area (Å²) in [4.78, 5) is 29.4. The first-order valence-electron chi connectivity index (χ1n) is 12.8. The molecule has 8 heteroatoms.